The molecule has 0 saturated heterocycles. The van der Waals surface area contributed by atoms with E-state index >= 15 is 0 Å². The Morgan fingerprint density at radius 2 is 1.81 bits per heavy atom. The number of hydrogen-bond donors (Lipinski definition) is 1. The lowest BCUT2D eigenvalue weighted by molar-refractivity contribution is -0.143. The third-order valence-corrected chi connectivity index (χ3v) is 4.50. The molecule has 1 aromatic heterocycles. The Balaban J connectivity index is 1.58. The minimum Gasteiger partial charge on any atom is -0.452 e. The first kappa shape index (κ1) is 21.9. The number of carbonyl (C=O) groups is 3. The normalized spacial score (nSPS) is 10.8. The van der Waals surface area contributed by atoms with Crippen LogP contribution in [0.4, 0.5) is 4.39 Å². The van der Waals surface area contributed by atoms with Crippen molar-refractivity contribution in [3.05, 3.63) is 88.5 Å². The average molecular weight is 442 g/mol. The summed E-state index contributed by atoms with van der Waals surface area (Å²) in [6.45, 7) is 1.07. The summed E-state index contributed by atoms with van der Waals surface area (Å²) in [4.78, 5) is 35.6. The lowest BCUT2D eigenvalue weighted by Crippen LogP contribution is -2.33. The summed E-state index contributed by atoms with van der Waals surface area (Å²) >= 11 is 6.33. The standard InChI is InChI=1S/C22H17ClFN3O4/c1-14-18(21(23)27(26-14)17-9-7-16(24)8-10-17)11-12-20(29)31-13-19(28)25-22(30)15-5-3-2-4-6-15/h2-12H,13H2,1H3,(H,25,28,30)/b12-11+. The molecule has 0 atom stereocenters. The minimum atomic E-state index is -0.799. The molecule has 3 rings (SSSR count). The first-order valence-electron chi connectivity index (χ1n) is 9.10. The summed E-state index contributed by atoms with van der Waals surface area (Å²) in [7, 11) is 0. The van der Waals surface area contributed by atoms with Crippen molar-refractivity contribution < 1.29 is 23.5 Å². The van der Waals surface area contributed by atoms with E-state index in [1.165, 1.54) is 35.0 Å². The number of ether oxygens (including phenoxy) is 1. The van der Waals surface area contributed by atoms with Gasteiger partial charge in [-0.2, -0.15) is 5.10 Å². The molecule has 0 aliphatic carbocycles. The molecular weight excluding hydrogens is 425 g/mol. The number of nitrogens with one attached hydrogen (secondary N) is 1. The van der Waals surface area contributed by atoms with Crippen LogP contribution in [0.15, 0.2) is 60.7 Å². The summed E-state index contributed by atoms with van der Waals surface area (Å²) in [5.41, 5.74) is 1.86. The molecule has 7 nitrogen and oxygen atoms in total. The number of amides is 2. The third-order valence-electron chi connectivity index (χ3n) is 4.14. The molecule has 158 valence electrons. The molecule has 1 heterocycles. The van der Waals surface area contributed by atoms with Crippen LogP contribution in [-0.2, 0) is 14.3 Å². The highest BCUT2D eigenvalue weighted by Crippen LogP contribution is 2.24. The van der Waals surface area contributed by atoms with Crippen molar-refractivity contribution in [1.29, 1.82) is 0 Å². The molecule has 0 spiro atoms. The maximum Gasteiger partial charge on any atom is 0.331 e. The van der Waals surface area contributed by atoms with Crippen LogP contribution >= 0.6 is 11.6 Å². The Morgan fingerprint density at radius 3 is 2.48 bits per heavy atom. The van der Waals surface area contributed by atoms with E-state index in [1.807, 2.05) is 0 Å². The molecule has 2 aromatic carbocycles. The van der Waals surface area contributed by atoms with Crippen LogP contribution in [0.25, 0.3) is 11.8 Å². The number of nitrogens with zero attached hydrogens (tertiary/aromatic N) is 2. The van der Waals surface area contributed by atoms with Crippen LogP contribution in [-0.4, -0.2) is 34.2 Å². The molecule has 0 aliphatic rings. The SMILES string of the molecule is Cc1nn(-c2ccc(F)cc2)c(Cl)c1/C=C/C(=O)OCC(=O)NC(=O)c1ccccc1. The van der Waals surface area contributed by atoms with Gasteiger partial charge < -0.3 is 4.74 Å². The number of aromatic nitrogens is 2. The highest BCUT2D eigenvalue weighted by atomic mass is 35.5. The third kappa shape index (κ3) is 5.64. The highest BCUT2D eigenvalue weighted by Gasteiger charge is 2.14. The molecule has 9 heteroatoms. The zero-order valence-corrected chi connectivity index (χ0v) is 17.1. The second-order valence-electron chi connectivity index (χ2n) is 6.36. The van der Waals surface area contributed by atoms with Gasteiger partial charge in [0.25, 0.3) is 11.8 Å². The van der Waals surface area contributed by atoms with E-state index < -0.39 is 24.4 Å². The van der Waals surface area contributed by atoms with Crippen molar-refractivity contribution in [3.8, 4) is 5.69 Å². The van der Waals surface area contributed by atoms with Crippen molar-refractivity contribution in [2.45, 2.75) is 6.92 Å². The van der Waals surface area contributed by atoms with Crippen LogP contribution in [0.5, 0.6) is 0 Å². The van der Waals surface area contributed by atoms with Gasteiger partial charge in [-0.25, -0.2) is 13.9 Å². The summed E-state index contributed by atoms with van der Waals surface area (Å²) in [6.07, 6.45) is 2.50. The lowest BCUT2D eigenvalue weighted by atomic mass is 10.2. The molecule has 0 bridgehead atoms. The van der Waals surface area contributed by atoms with Gasteiger partial charge in [-0.05, 0) is 49.4 Å². The number of carbonyl (C=O) groups excluding carboxylic acids is 3. The number of halogens is 2. The smallest absolute Gasteiger partial charge is 0.331 e. The molecule has 31 heavy (non-hydrogen) atoms. The van der Waals surface area contributed by atoms with Gasteiger partial charge in [0.2, 0.25) is 0 Å². The zero-order valence-electron chi connectivity index (χ0n) is 16.3. The van der Waals surface area contributed by atoms with Gasteiger partial charge in [0, 0.05) is 17.2 Å². The summed E-state index contributed by atoms with van der Waals surface area (Å²) in [5.74, 6) is -2.53. The summed E-state index contributed by atoms with van der Waals surface area (Å²) in [6, 6.07) is 13.8. The number of imide groups is 1. The van der Waals surface area contributed by atoms with Gasteiger partial charge in [0.1, 0.15) is 11.0 Å². The fourth-order valence-electron chi connectivity index (χ4n) is 2.61. The minimum absolute atomic E-state index is 0.222. The predicted molar refractivity (Wildman–Crippen MR) is 112 cm³/mol. The quantitative estimate of drug-likeness (QED) is 0.467. The van der Waals surface area contributed by atoms with Crippen molar-refractivity contribution in [1.82, 2.24) is 15.1 Å². The van der Waals surface area contributed by atoms with E-state index in [1.54, 1.807) is 37.3 Å². The second-order valence-corrected chi connectivity index (χ2v) is 6.72. The van der Waals surface area contributed by atoms with Crippen LogP contribution < -0.4 is 5.32 Å². The van der Waals surface area contributed by atoms with Gasteiger partial charge in [-0.15, -0.1) is 0 Å². The first-order chi connectivity index (χ1) is 14.8. The van der Waals surface area contributed by atoms with Gasteiger partial charge in [-0.3, -0.25) is 14.9 Å². The van der Waals surface area contributed by atoms with E-state index in [9.17, 15) is 18.8 Å². The van der Waals surface area contributed by atoms with Crippen LogP contribution in [0, 0.1) is 12.7 Å². The molecule has 0 saturated carbocycles. The number of esters is 1. The topological polar surface area (TPSA) is 90.3 Å². The molecule has 2 amide bonds. The van der Waals surface area contributed by atoms with Crippen molar-refractivity contribution in [2.24, 2.45) is 0 Å². The van der Waals surface area contributed by atoms with E-state index in [0.29, 0.717) is 22.5 Å². The highest BCUT2D eigenvalue weighted by molar-refractivity contribution is 6.31. The molecule has 3 aromatic rings. The maximum atomic E-state index is 13.1. The fourth-order valence-corrected chi connectivity index (χ4v) is 2.95. The van der Waals surface area contributed by atoms with Crippen LogP contribution in [0.3, 0.4) is 0 Å². The zero-order chi connectivity index (χ0) is 22.4. The summed E-state index contributed by atoms with van der Waals surface area (Å²) in [5, 5.41) is 6.63. The van der Waals surface area contributed by atoms with E-state index in [-0.39, 0.29) is 11.0 Å². The van der Waals surface area contributed by atoms with E-state index in [4.69, 9.17) is 16.3 Å². The van der Waals surface area contributed by atoms with Crippen molar-refractivity contribution in [2.75, 3.05) is 6.61 Å². The van der Waals surface area contributed by atoms with E-state index in [2.05, 4.69) is 10.4 Å². The molecule has 0 fully saturated rings. The Kier molecular flexibility index (Phi) is 6.94. The number of aryl methyl sites for hydroxylation is 1. The van der Waals surface area contributed by atoms with E-state index in [0.717, 1.165) is 6.08 Å². The van der Waals surface area contributed by atoms with Gasteiger partial charge in [-0.1, -0.05) is 29.8 Å². The monoisotopic (exact) mass is 441 g/mol. The molecule has 0 unspecified atom stereocenters. The Bertz CT molecular complexity index is 1140. The predicted octanol–water partition coefficient (Wildman–Crippen LogP) is 3.49. The average Bonchev–Trinajstić information content (AvgIpc) is 3.05. The van der Waals surface area contributed by atoms with Crippen molar-refractivity contribution >= 4 is 35.5 Å². The fraction of sp³-hybridized carbons (Fsp3) is 0.0909. The van der Waals surface area contributed by atoms with Crippen molar-refractivity contribution in [3.63, 3.8) is 0 Å². The number of hydrogen-bond acceptors (Lipinski definition) is 5. The molecule has 1 N–H and O–H groups in total. The first-order valence-corrected chi connectivity index (χ1v) is 9.48. The lowest BCUT2D eigenvalue weighted by Gasteiger charge is -2.04. The Hall–Kier alpha value is -3.78. The second kappa shape index (κ2) is 9.82. The molecule has 0 radical (unpaired) electrons. The largest absolute Gasteiger partial charge is 0.452 e. The Labute approximate surface area is 182 Å². The number of rotatable bonds is 6. The van der Waals surface area contributed by atoms with Crippen LogP contribution in [0.1, 0.15) is 21.6 Å². The van der Waals surface area contributed by atoms with Gasteiger partial charge in [0.05, 0.1) is 11.4 Å². The number of benzene rings is 2. The molecular formula is C22H17ClFN3O4. The Morgan fingerprint density at radius 1 is 1.13 bits per heavy atom. The van der Waals surface area contributed by atoms with Gasteiger partial charge in [0.15, 0.2) is 6.61 Å². The molecule has 0 aliphatic heterocycles. The summed E-state index contributed by atoms with van der Waals surface area (Å²) < 4.78 is 19.4. The van der Waals surface area contributed by atoms with Crippen LogP contribution in [0.2, 0.25) is 5.15 Å². The maximum absolute atomic E-state index is 13.1. The van der Waals surface area contributed by atoms with Gasteiger partial charge >= 0.3 is 5.97 Å².